The van der Waals surface area contributed by atoms with Crippen molar-refractivity contribution < 1.29 is 14.3 Å². The first-order chi connectivity index (χ1) is 11.7. The topological polar surface area (TPSA) is 67.4 Å². The average Bonchev–Trinajstić information content (AvgIpc) is 3.02. The first kappa shape index (κ1) is 19.4. The quantitative estimate of drug-likeness (QED) is 0.858. The summed E-state index contributed by atoms with van der Waals surface area (Å²) in [5.41, 5.74) is 1.36. The number of anilines is 1. The van der Waals surface area contributed by atoms with Crippen molar-refractivity contribution >= 4 is 17.5 Å². The molecule has 1 heterocycles. The Balaban J connectivity index is 1.90. The minimum absolute atomic E-state index is 0.0355. The minimum atomic E-state index is -0.0960. The van der Waals surface area contributed by atoms with Crippen LogP contribution in [0.25, 0.3) is 0 Å². The fraction of sp³-hybridized carbons (Fsp3) is 0.600. The van der Waals surface area contributed by atoms with Crippen molar-refractivity contribution in [2.24, 2.45) is 17.3 Å². The highest BCUT2D eigenvalue weighted by molar-refractivity contribution is 5.96. The maximum Gasteiger partial charge on any atom is 0.251 e. The van der Waals surface area contributed by atoms with E-state index < -0.39 is 0 Å². The van der Waals surface area contributed by atoms with E-state index in [9.17, 15) is 9.59 Å². The second kappa shape index (κ2) is 8.00. The molecule has 1 fully saturated rings. The molecule has 0 spiro atoms. The van der Waals surface area contributed by atoms with E-state index in [-0.39, 0.29) is 29.3 Å². The van der Waals surface area contributed by atoms with Gasteiger partial charge < -0.3 is 15.4 Å². The fourth-order valence-electron chi connectivity index (χ4n) is 3.12. The summed E-state index contributed by atoms with van der Waals surface area (Å²) in [5, 5.41) is 5.83. The summed E-state index contributed by atoms with van der Waals surface area (Å²) < 4.78 is 5.85. The Labute approximate surface area is 150 Å². The zero-order valence-corrected chi connectivity index (χ0v) is 15.9. The summed E-state index contributed by atoms with van der Waals surface area (Å²) in [6.07, 6.45) is 1.14. The van der Waals surface area contributed by atoms with Crippen LogP contribution in [0.2, 0.25) is 0 Å². The number of carbonyl (C=O) groups excluding carboxylic acids is 2. The molecule has 1 aromatic carbocycles. The minimum Gasteiger partial charge on any atom is -0.377 e. The standard InChI is InChI=1S/C20H30N2O3/c1-13(2)18(23)22-16-8-6-14(7-9-16)19(24)21-12-15-10-11-25-17(15)20(3,4)5/h6-9,13,15,17H,10-12H2,1-5H3,(H,21,24)(H,22,23)/t15-,17+/m1/s1. The van der Waals surface area contributed by atoms with Gasteiger partial charge in [0.15, 0.2) is 0 Å². The van der Waals surface area contributed by atoms with Crippen molar-refractivity contribution in [2.75, 3.05) is 18.5 Å². The van der Waals surface area contributed by atoms with Crippen LogP contribution in [0.15, 0.2) is 24.3 Å². The molecule has 5 heteroatoms. The van der Waals surface area contributed by atoms with Crippen LogP contribution in [0.3, 0.4) is 0 Å². The van der Waals surface area contributed by atoms with Crippen LogP contribution >= 0.6 is 0 Å². The molecular weight excluding hydrogens is 316 g/mol. The summed E-state index contributed by atoms with van der Waals surface area (Å²) in [6, 6.07) is 6.98. The van der Waals surface area contributed by atoms with Gasteiger partial charge in [0.25, 0.3) is 5.91 Å². The van der Waals surface area contributed by atoms with E-state index >= 15 is 0 Å². The number of ether oxygens (including phenoxy) is 1. The molecule has 1 saturated heterocycles. The molecule has 1 aromatic rings. The lowest BCUT2D eigenvalue weighted by Crippen LogP contribution is -2.38. The van der Waals surface area contributed by atoms with Crippen molar-refractivity contribution in [1.82, 2.24) is 5.32 Å². The van der Waals surface area contributed by atoms with Crippen molar-refractivity contribution in [2.45, 2.75) is 47.1 Å². The van der Waals surface area contributed by atoms with Crippen molar-refractivity contribution in [3.05, 3.63) is 29.8 Å². The molecule has 1 aliphatic rings. The zero-order chi connectivity index (χ0) is 18.6. The van der Waals surface area contributed by atoms with Gasteiger partial charge in [-0.15, -0.1) is 0 Å². The Morgan fingerprint density at radius 3 is 2.40 bits per heavy atom. The smallest absolute Gasteiger partial charge is 0.251 e. The van der Waals surface area contributed by atoms with E-state index in [0.717, 1.165) is 13.0 Å². The molecule has 138 valence electrons. The van der Waals surface area contributed by atoms with Crippen LogP contribution in [0.4, 0.5) is 5.69 Å². The van der Waals surface area contributed by atoms with Crippen molar-refractivity contribution in [1.29, 1.82) is 0 Å². The lowest BCUT2D eigenvalue weighted by atomic mass is 9.81. The Hall–Kier alpha value is -1.88. The molecule has 2 rings (SSSR count). The van der Waals surface area contributed by atoms with Crippen LogP contribution in [0, 0.1) is 17.3 Å². The van der Waals surface area contributed by atoms with Gasteiger partial charge in [0, 0.05) is 36.2 Å². The predicted octanol–water partition coefficient (Wildman–Crippen LogP) is 3.46. The molecule has 2 N–H and O–H groups in total. The monoisotopic (exact) mass is 346 g/mol. The van der Waals surface area contributed by atoms with Crippen LogP contribution in [0.1, 0.15) is 51.4 Å². The Morgan fingerprint density at radius 1 is 1.20 bits per heavy atom. The first-order valence-corrected chi connectivity index (χ1v) is 8.99. The lowest BCUT2D eigenvalue weighted by molar-refractivity contribution is -0.118. The van der Waals surface area contributed by atoms with Gasteiger partial charge in [-0.25, -0.2) is 0 Å². The first-order valence-electron chi connectivity index (χ1n) is 8.99. The lowest BCUT2D eigenvalue weighted by Gasteiger charge is -2.31. The van der Waals surface area contributed by atoms with Gasteiger partial charge in [0.05, 0.1) is 6.10 Å². The van der Waals surface area contributed by atoms with Gasteiger partial charge in [-0.3, -0.25) is 9.59 Å². The SMILES string of the molecule is CC(C)C(=O)Nc1ccc(C(=O)NC[C@H]2CCO[C@@H]2C(C)(C)C)cc1. The number of amides is 2. The third-order valence-corrected chi connectivity index (χ3v) is 4.53. The van der Waals surface area contributed by atoms with Crippen LogP contribution < -0.4 is 10.6 Å². The molecule has 2 amide bonds. The molecule has 1 aliphatic heterocycles. The van der Waals surface area contributed by atoms with Gasteiger partial charge in [-0.1, -0.05) is 34.6 Å². The summed E-state index contributed by atoms with van der Waals surface area (Å²) in [6.45, 7) is 11.6. The summed E-state index contributed by atoms with van der Waals surface area (Å²) in [5.74, 6) is 0.133. The fourth-order valence-corrected chi connectivity index (χ4v) is 3.12. The highest BCUT2D eigenvalue weighted by Gasteiger charge is 2.37. The molecule has 0 aliphatic carbocycles. The van der Waals surface area contributed by atoms with Crippen LogP contribution in [0.5, 0.6) is 0 Å². The maximum absolute atomic E-state index is 12.4. The van der Waals surface area contributed by atoms with E-state index in [1.54, 1.807) is 24.3 Å². The highest BCUT2D eigenvalue weighted by atomic mass is 16.5. The number of hydrogen-bond donors (Lipinski definition) is 2. The molecule has 25 heavy (non-hydrogen) atoms. The largest absolute Gasteiger partial charge is 0.377 e. The molecule has 2 atom stereocenters. The molecule has 0 unspecified atom stereocenters. The van der Waals surface area contributed by atoms with E-state index in [2.05, 4.69) is 31.4 Å². The van der Waals surface area contributed by atoms with E-state index in [1.165, 1.54) is 0 Å². The van der Waals surface area contributed by atoms with E-state index in [4.69, 9.17) is 4.74 Å². The summed E-state index contributed by atoms with van der Waals surface area (Å²) in [7, 11) is 0. The van der Waals surface area contributed by atoms with Gasteiger partial charge in [0.2, 0.25) is 5.91 Å². The second-order valence-electron chi connectivity index (χ2n) is 8.14. The van der Waals surface area contributed by atoms with E-state index in [1.807, 2.05) is 13.8 Å². The number of carbonyl (C=O) groups is 2. The molecule has 0 radical (unpaired) electrons. The molecule has 5 nitrogen and oxygen atoms in total. The Morgan fingerprint density at radius 2 is 1.84 bits per heavy atom. The normalized spacial score (nSPS) is 20.6. The number of rotatable bonds is 5. The molecule has 0 saturated carbocycles. The molecule has 0 aromatic heterocycles. The van der Waals surface area contributed by atoms with Crippen molar-refractivity contribution in [3.63, 3.8) is 0 Å². The second-order valence-corrected chi connectivity index (χ2v) is 8.14. The van der Waals surface area contributed by atoms with E-state index in [0.29, 0.717) is 23.7 Å². The van der Waals surface area contributed by atoms with Crippen LogP contribution in [-0.2, 0) is 9.53 Å². The molecular formula is C20H30N2O3. The van der Waals surface area contributed by atoms with Gasteiger partial charge >= 0.3 is 0 Å². The highest BCUT2D eigenvalue weighted by Crippen LogP contribution is 2.34. The number of hydrogen-bond acceptors (Lipinski definition) is 3. The predicted molar refractivity (Wildman–Crippen MR) is 99.5 cm³/mol. The Bertz CT molecular complexity index is 602. The summed E-state index contributed by atoms with van der Waals surface area (Å²) in [4.78, 5) is 24.1. The molecule has 0 bridgehead atoms. The zero-order valence-electron chi connectivity index (χ0n) is 15.9. The van der Waals surface area contributed by atoms with Crippen molar-refractivity contribution in [3.8, 4) is 0 Å². The third-order valence-electron chi connectivity index (χ3n) is 4.53. The number of nitrogens with one attached hydrogen (secondary N) is 2. The van der Waals surface area contributed by atoms with Gasteiger partial charge in [-0.2, -0.15) is 0 Å². The average molecular weight is 346 g/mol. The van der Waals surface area contributed by atoms with Gasteiger partial charge in [-0.05, 0) is 36.1 Å². The maximum atomic E-state index is 12.4. The van der Waals surface area contributed by atoms with Gasteiger partial charge in [0.1, 0.15) is 0 Å². The van der Waals surface area contributed by atoms with Crippen LogP contribution in [-0.4, -0.2) is 31.1 Å². The Kier molecular flexibility index (Phi) is 6.22. The third kappa shape index (κ3) is 5.30. The summed E-state index contributed by atoms with van der Waals surface area (Å²) >= 11 is 0. The number of benzene rings is 1.